The lowest BCUT2D eigenvalue weighted by Gasteiger charge is -2.27. The zero-order chi connectivity index (χ0) is 18.5. The topological polar surface area (TPSA) is 65.1 Å². The molecule has 0 radical (unpaired) electrons. The fourth-order valence-electron chi connectivity index (χ4n) is 3.91. The van der Waals surface area contributed by atoms with Gasteiger partial charge in [0.2, 0.25) is 5.95 Å². The highest BCUT2D eigenvalue weighted by molar-refractivity contribution is 6.32. The lowest BCUT2D eigenvalue weighted by atomic mass is 9.98. The Hall–Kier alpha value is -1.89. The quantitative estimate of drug-likeness (QED) is 0.707. The Morgan fingerprint density at radius 1 is 1.15 bits per heavy atom. The number of para-hydroxylation sites is 1. The summed E-state index contributed by atoms with van der Waals surface area (Å²) in [4.78, 5) is 11.5. The summed E-state index contributed by atoms with van der Waals surface area (Å²) >= 11 is 6.27. The van der Waals surface area contributed by atoms with E-state index in [2.05, 4.69) is 30.8 Å². The van der Waals surface area contributed by atoms with E-state index in [1.54, 1.807) is 6.20 Å². The smallest absolute Gasteiger partial charge is 0.224 e. The van der Waals surface area contributed by atoms with Crippen LogP contribution in [-0.4, -0.2) is 53.6 Å². The molecule has 0 bridgehead atoms. The van der Waals surface area contributed by atoms with Gasteiger partial charge in [-0.3, -0.25) is 0 Å². The first-order valence-corrected chi connectivity index (χ1v) is 10.2. The minimum Gasteiger partial charge on any atom is -0.350 e. The molecule has 2 aliphatic heterocycles. The second kappa shape index (κ2) is 8.87. The number of benzene rings is 1. The van der Waals surface area contributed by atoms with Crippen LogP contribution in [-0.2, 0) is 0 Å². The summed E-state index contributed by atoms with van der Waals surface area (Å²) in [6.45, 7) is 5.73. The Bertz CT molecular complexity index is 735. The maximum Gasteiger partial charge on any atom is 0.224 e. The van der Waals surface area contributed by atoms with Crippen molar-refractivity contribution in [3.8, 4) is 0 Å². The molecule has 1 aromatic heterocycles. The highest BCUT2D eigenvalue weighted by Gasteiger charge is 2.26. The number of rotatable bonds is 6. The van der Waals surface area contributed by atoms with E-state index in [1.807, 2.05) is 30.3 Å². The second-order valence-electron chi connectivity index (χ2n) is 7.46. The minimum absolute atomic E-state index is 0.387. The Morgan fingerprint density at radius 3 is 2.78 bits per heavy atom. The summed E-state index contributed by atoms with van der Waals surface area (Å²) in [6.07, 6.45) is 5.37. The summed E-state index contributed by atoms with van der Waals surface area (Å²) < 4.78 is 0. The number of piperidine rings is 1. The summed E-state index contributed by atoms with van der Waals surface area (Å²) in [5, 5.41) is 10.7. The number of nitrogens with one attached hydrogen (secondary N) is 3. The molecule has 0 saturated carbocycles. The maximum atomic E-state index is 6.27. The Labute approximate surface area is 165 Å². The molecule has 2 aliphatic rings. The van der Waals surface area contributed by atoms with Gasteiger partial charge in [-0.2, -0.15) is 4.98 Å². The molecule has 27 heavy (non-hydrogen) atoms. The molecule has 0 aliphatic carbocycles. The average Bonchev–Trinajstić information content (AvgIpc) is 3.13. The van der Waals surface area contributed by atoms with Gasteiger partial charge in [0.05, 0.1) is 6.20 Å². The van der Waals surface area contributed by atoms with Crippen LogP contribution >= 0.6 is 11.6 Å². The molecule has 7 heteroatoms. The monoisotopic (exact) mass is 386 g/mol. The van der Waals surface area contributed by atoms with Gasteiger partial charge in [-0.05, 0) is 50.4 Å². The van der Waals surface area contributed by atoms with Crippen LogP contribution in [0.2, 0.25) is 5.02 Å². The summed E-state index contributed by atoms with van der Waals surface area (Å²) in [6, 6.07) is 10.3. The molecule has 2 saturated heterocycles. The third-order valence-corrected chi connectivity index (χ3v) is 5.64. The van der Waals surface area contributed by atoms with E-state index >= 15 is 0 Å². The van der Waals surface area contributed by atoms with Crippen LogP contribution in [0, 0.1) is 5.92 Å². The third-order valence-electron chi connectivity index (χ3n) is 5.36. The number of hydrogen-bond acceptors (Lipinski definition) is 6. The molecule has 144 valence electrons. The number of nitrogens with zero attached hydrogens (tertiary/aromatic N) is 3. The van der Waals surface area contributed by atoms with Crippen molar-refractivity contribution in [3.63, 3.8) is 0 Å². The minimum atomic E-state index is 0.387. The van der Waals surface area contributed by atoms with Crippen molar-refractivity contribution >= 4 is 29.1 Å². The van der Waals surface area contributed by atoms with E-state index in [0.717, 1.165) is 44.2 Å². The highest BCUT2D eigenvalue weighted by atomic mass is 35.5. The molecular formula is C20H27ClN6. The van der Waals surface area contributed by atoms with E-state index in [-0.39, 0.29) is 0 Å². The Balaban J connectivity index is 1.33. The predicted molar refractivity (Wildman–Crippen MR) is 111 cm³/mol. The van der Waals surface area contributed by atoms with E-state index in [9.17, 15) is 0 Å². The van der Waals surface area contributed by atoms with Crippen LogP contribution < -0.4 is 16.0 Å². The summed E-state index contributed by atoms with van der Waals surface area (Å²) in [5.74, 6) is 2.09. The van der Waals surface area contributed by atoms with Crippen molar-refractivity contribution in [2.75, 3.05) is 43.4 Å². The van der Waals surface area contributed by atoms with Gasteiger partial charge in [0, 0.05) is 31.4 Å². The van der Waals surface area contributed by atoms with E-state index in [4.69, 9.17) is 11.6 Å². The molecule has 2 fully saturated rings. The zero-order valence-electron chi connectivity index (χ0n) is 15.5. The van der Waals surface area contributed by atoms with Crippen molar-refractivity contribution in [3.05, 3.63) is 41.6 Å². The lowest BCUT2D eigenvalue weighted by molar-refractivity contribution is 0.239. The van der Waals surface area contributed by atoms with Gasteiger partial charge < -0.3 is 20.9 Å². The van der Waals surface area contributed by atoms with Crippen molar-refractivity contribution in [1.82, 2.24) is 20.2 Å². The molecule has 1 atom stereocenters. The van der Waals surface area contributed by atoms with Gasteiger partial charge in [0.1, 0.15) is 5.02 Å². The molecule has 1 aromatic carbocycles. The predicted octanol–water partition coefficient (Wildman–Crippen LogP) is 3.36. The SMILES string of the molecule is Clc1cnc(N[C@@H]2CCN(CC3CCNCC3)C2)nc1Nc1ccccc1. The first-order chi connectivity index (χ1) is 13.3. The number of hydrogen-bond donors (Lipinski definition) is 3. The van der Waals surface area contributed by atoms with Gasteiger partial charge in [0.25, 0.3) is 0 Å². The molecule has 2 aromatic rings. The maximum absolute atomic E-state index is 6.27. The van der Waals surface area contributed by atoms with Crippen molar-refractivity contribution < 1.29 is 0 Å². The number of aromatic nitrogens is 2. The van der Waals surface area contributed by atoms with Crippen molar-refractivity contribution in [2.45, 2.75) is 25.3 Å². The Morgan fingerprint density at radius 2 is 1.96 bits per heavy atom. The van der Waals surface area contributed by atoms with Gasteiger partial charge in [-0.15, -0.1) is 0 Å². The Kier molecular flexibility index (Phi) is 6.07. The number of anilines is 3. The molecule has 0 unspecified atom stereocenters. The largest absolute Gasteiger partial charge is 0.350 e. The molecule has 6 nitrogen and oxygen atoms in total. The fraction of sp³-hybridized carbons (Fsp3) is 0.500. The first kappa shape index (κ1) is 18.5. The first-order valence-electron chi connectivity index (χ1n) is 9.80. The van der Waals surface area contributed by atoms with Gasteiger partial charge in [-0.1, -0.05) is 29.8 Å². The van der Waals surface area contributed by atoms with Crippen LogP contribution in [0.4, 0.5) is 17.5 Å². The average molecular weight is 387 g/mol. The summed E-state index contributed by atoms with van der Waals surface area (Å²) in [5.41, 5.74) is 0.957. The fourth-order valence-corrected chi connectivity index (χ4v) is 4.05. The van der Waals surface area contributed by atoms with Crippen LogP contribution in [0.5, 0.6) is 0 Å². The van der Waals surface area contributed by atoms with Gasteiger partial charge in [0.15, 0.2) is 5.82 Å². The van der Waals surface area contributed by atoms with Gasteiger partial charge >= 0.3 is 0 Å². The normalized spacial score (nSPS) is 21.3. The highest BCUT2D eigenvalue weighted by Crippen LogP contribution is 2.25. The van der Waals surface area contributed by atoms with E-state index in [0.29, 0.717) is 22.8 Å². The van der Waals surface area contributed by atoms with Crippen LogP contribution in [0.25, 0.3) is 0 Å². The standard InChI is InChI=1S/C20H27ClN6/c21-18-12-23-20(26-19(18)24-16-4-2-1-3-5-16)25-17-8-11-27(14-17)13-15-6-9-22-10-7-15/h1-5,12,15,17,22H,6-11,13-14H2,(H2,23,24,25,26)/t17-/m1/s1. The van der Waals surface area contributed by atoms with Gasteiger partial charge in [-0.25, -0.2) is 4.98 Å². The van der Waals surface area contributed by atoms with E-state index < -0.39 is 0 Å². The van der Waals surface area contributed by atoms with Crippen LogP contribution in [0.1, 0.15) is 19.3 Å². The molecular weight excluding hydrogens is 360 g/mol. The molecule has 3 heterocycles. The summed E-state index contributed by atoms with van der Waals surface area (Å²) in [7, 11) is 0. The van der Waals surface area contributed by atoms with Crippen molar-refractivity contribution in [2.24, 2.45) is 5.92 Å². The zero-order valence-corrected chi connectivity index (χ0v) is 16.3. The molecule has 0 spiro atoms. The van der Waals surface area contributed by atoms with Crippen molar-refractivity contribution in [1.29, 1.82) is 0 Å². The van der Waals surface area contributed by atoms with Crippen LogP contribution in [0.3, 0.4) is 0 Å². The molecule has 4 rings (SSSR count). The lowest BCUT2D eigenvalue weighted by Crippen LogP contribution is -2.36. The third kappa shape index (κ3) is 5.09. The second-order valence-corrected chi connectivity index (χ2v) is 7.87. The number of halogens is 1. The van der Waals surface area contributed by atoms with Crippen LogP contribution in [0.15, 0.2) is 36.5 Å². The molecule has 0 amide bonds. The number of likely N-dealkylation sites (tertiary alicyclic amines) is 1. The van der Waals surface area contributed by atoms with E-state index in [1.165, 1.54) is 19.4 Å². The molecule has 3 N–H and O–H groups in total.